The third-order valence-electron chi connectivity index (χ3n) is 5.80. The van der Waals surface area contributed by atoms with Crippen molar-refractivity contribution in [1.29, 1.82) is 0 Å². The molecule has 4 heteroatoms. The molecule has 0 bridgehead atoms. The zero-order chi connectivity index (χ0) is 22.3. The fourth-order valence-electron chi connectivity index (χ4n) is 4.00. The Morgan fingerprint density at radius 1 is 0.828 bits per heavy atom. The first-order valence-electron chi connectivity index (χ1n) is 10.6. The Morgan fingerprint density at radius 3 is 1.86 bits per heavy atom. The summed E-state index contributed by atoms with van der Waals surface area (Å²) in [6.45, 7) is 20.3. The van der Waals surface area contributed by atoms with E-state index in [0.29, 0.717) is 0 Å². The highest BCUT2D eigenvalue weighted by Gasteiger charge is 2.50. The van der Waals surface area contributed by atoms with Crippen molar-refractivity contribution in [3.8, 4) is 0 Å². The van der Waals surface area contributed by atoms with E-state index in [2.05, 4.69) is 104 Å². The first-order valence-corrected chi connectivity index (χ1v) is 12.5. The van der Waals surface area contributed by atoms with Gasteiger partial charge in [-0.15, -0.1) is 0 Å². The van der Waals surface area contributed by atoms with E-state index in [0.717, 1.165) is 5.69 Å². The Kier molecular flexibility index (Phi) is 6.64. The fraction of sp³-hybridized carbons (Fsp3) is 0.600. The molecule has 0 fully saturated rings. The molecule has 29 heavy (non-hydrogen) atoms. The van der Waals surface area contributed by atoms with Gasteiger partial charge >= 0.3 is 8.72 Å². The van der Waals surface area contributed by atoms with Gasteiger partial charge in [0.25, 0.3) is 0 Å². The molecule has 162 valence electrons. The second kappa shape index (κ2) is 8.05. The molecule has 1 aliphatic carbocycles. The van der Waals surface area contributed by atoms with Gasteiger partial charge in [-0.1, -0.05) is 98.2 Å². The summed E-state index contributed by atoms with van der Waals surface area (Å²) in [5, 5.41) is 0. The second-order valence-electron chi connectivity index (χ2n) is 11.2. The van der Waals surface area contributed by atoms with Gasteiger partial charge < -0.3 is 13.8 Å². The van der Waals surface area contributed by atoms with E-state index in [1.165, 1.54) is 16.7 Å². The zero-order valence-electron chi connectivity index (χ0n) is 20.4. The van der Waals surface area contributed by atoms with Crippen molar-refractivity contribution in [3.63, 3.8) is 0 Å². The number of nitrogens with one attached hydrogen (secondary N) is 1. The highest BCUT2D eigenvalue weighted by Crippen LogP contribution is 2.46. The highest BCUT2D eigenvalue weighted by atomic mass is 28.4. The lowest BCUT2D eigenvalue weighted by molar-refractivity contribution is 0.242. The minimum absolute atomic E-state index is 0.00851. The number of rotatable bonds is 5. The van der Waals surface area contributed by atoms with Crippen molar-refractivity contribution in [2.75, 3.05) is 19.2 Å². The van der Waals surface area contributed by atoms with Crippen LogP contribution in [0.1, 0.15) is 73.4 Å². The number of hydrogen-bond donors (Lipinski definition) is 1. The van der Waals surface area contributed by atoms with Gasteiger partial charge in [0, 0.05) is 19.9 Å². The number of hydrogen-bond acceptors (Lipinski definition) is 3. The summed E-state index contributed by atoms with van der Waals surface area (Å²) in [7, 11) is 0.733. The molecule has 0 aliphatic heterocycles. The van der Waals surface area contributed by atoms with Gasteiger partial charge in [-0.2, -0.15) is 0 Å². The Balaban J connectivity index is 2.60. The molecule has 1 aromatic carbocycles. The van der Waals surface area contributed by atoms with Crippen LogP contribution in [-0.4, -0.2) is 22.9 Å². The molecule has 0 aromatic heterocycles. The predicted molar refractivity (Wildman–Crippen MR) is 128 cm³/mol. The van der Waals surface area contributed by atoms with Crippen molar-refractivity contribution in [1.82, 2.24) is 0 Å². The molecular formula is C25H41NO2Si. The summed E-state index contributed by atoms with van der Waals surface area (Å²) in [4.78, 5) is 3.83. The lowest BCUT2D eigenvalue weighted by Gasteiger charge is -2.39. The summed E-state index contributed by atoms with van der Waals surface area (Å²) in [5.41, 5.74) is 5.29. The first kappa shape index (κ1) is 23.9. The maximum absolute atomic E-state index is 6.21. The molecule has 3 nitrogen and oxygen atoms in total. The molecular weight excluding hydrogens is 374 g/mol. The maximum atomic E-state index is 6.21. The van der Waals surface area contributed by atoms with E-state index in [4.69, 9.17) is 8.85 Å². The smallest absolute Gasteiger partial charge is 0.381 e. The van der Waals surface area contributed by atoms with Gasteiger partial charge in [0.1, 0.15) is 0 Å². The van der Waals surface area contributed by atoms with E-state index < -0.39 is 8.72 Å². The number of anilines is 1. The molecule has 0 saturated heterocycles. The van der Waals surface area contributed by atoms with Gasteiger partial charge in [0.2, 0.25) is 0 Å². The van der Waals surface area contributed by atoms with Crippen molar-refractivity contribution in [2.24, 2.45) is 5.41 Å². The van der Waals surface area contributed by atoms with Crippen molar-refractivity contribution in [2.45, 2.75) is 78.7 Å². The fourth-order valence-corrected chi connectivity index (χ4v) is 6.92. The molecule has 0 saturated carbocycles. The summed E-state index contributed by atoms with van der Waals surface area (Å²) >= 11 is 0. The number of benzene rings is 1. The third-order valence-corrected chi connectivity index (χ3v) is 8.95. The van der Waals surface area contributed by atoms with Gasteiger partial charge in [0.15, 0.2) is 0 Å². The zero-order valence-corrected chi connectivity index (χ0v) is 21.4. The van der Waals surface area contributed by atoms with E-state index >= 15 is 0 Å². The molecule has 1 unspecified atom stereocenters. The predicted octanol–water partition coefficient (Wildman–Crippen LogP) is 6.84. The summed E-state index contributed by atoms with van der Waals surface area (Å²) in [6.07, 6.45) is 6.60. The minimum atomic E-state index is -2.82. The normalized spacial score (nSPS) is 18.2. The quantitative estimate of drug-likeness (QED) is 0.534. The van der Waals surface area contributed by atoms with E-state index in [1.807, 2.05) is 0 Å². The molecule has 1 aliphatic rings. The van der Waals surface area contributed by atoms with E-state index in [-0.39, 0.29) is 21.8 Å². The summed E-state index contributed by atoms with van der Waals surface area (Å²) in [6, 6.07) is 6.81. The summed E-state index contributed by atoms with van der Waals surface area (Å²) in [5.74, 6) is 0. The standard InChI is InChI=1S/C25H41NO2Si/c1-23(2,3)18-15-16-19(24(4,5)6)21(17-18)26-29(27-10,28-11)22-14-12-13-20(22)25(7,8)9/h12-17,22,26H,1-11H3. The largest absolute Gasteiger partial charge is 0.467 e. The van der Waals surface area contributed by atoms with Crippen molar-refractivity contribution in [3.05, 3.63) is 53.1 Å². The van der Waals surface area contributed by atoms with Gasteiger partial charge in [-0.3, -0.25) is 0 Å². The van der Waals surface area contributed by atoms with Crippen LogP contribution in [0.5, 0.6) is 0 Å². The van der Waals surface area contributed by atoms with Crippen LogP contribution in [0, 0.1) is 5.41 Å². The molecule has 0 amide bonds. The van der Waals surface area contributed by atoms with Gasteiger partial charge in [-0.25, -0.2) is 0 Å². The lowest BCUT2D eigenvalue weighted by atomic mass is 9.81. The first-order chi connectivity index (χ1) is 13.2. The molecule has 0 heterocycles. The Bertz CT molecular complexity index is 785. The second-order valence-corrected chi connectivity index (χ2v) is 14.2. The van der Waals surface area contributed by atoms with Crippen molar-refractivity contribution < 1.29 is 8.85 Å². The monoisotopic (exact) mass is 415 g/mol. The van der Waals surface area contributed by atoms with Crippen LogP contribution in [0.4, 0.5) is 5.69 Å². The van der Waals surface area contributed by atoms with E-state index in [1.54, 1.807) is 14.2 Å². The highest BCUT2D eigenvalue weighted by molar-refractivity contribution is 6.73. The molecule has 0 spiro atoms. The van der Waals surface area contributed by atoms with Crippen molar-refractivity contribution >= 4 is 14.4 Å². The Hall–Kier alpha value is -1.36. The average molecular weight is 416 g/mol. The van der Waals surface area contributed by atoms with Crippen LogP contribution < -0.4 is 4.98 Å². The molecule has 1 atom stereocenters. The molecule has 0 radical (unpaired) electrons. The average Bonchev–Trinajstić information content (AvgIpc) is 3.08. The number of allylic oxidation sites excluding steroid dienone is 4. The van der Waals surface area contributed by atoms with Crippen LogP contribution in [0.2, 0.25) is 5.54 Å². The van der Waals surface area contributed by atoms with Crippen LogP contribution in [0.3, 0.4) is 0 Å². The van der Waals surface area contributed by atoms with Crippen LogP contribution in [0.15, 0.2) is 42.0 Å². The lowest BCUT2D eigenvalue weighted by Crippen LogP contribution is -2.54. The maximum Gasteiger partial charge on any atom is 0.467 e. The van der Waals surface area contributed by atoms with Crippen LogP contribution in [0.25, 0.3) is 0 Å². The Morgan fingerprint density at radius 2 is 1.41 bits per heavy atom. The van der Waals surface area contributed by atoms with Crippen LogP contribution in [-0.2, 0) is 19.7 Å². The van der Waals surface area contributed by atoms with Gasteiger partial charge in [-0.05, 0) is 33.4 Å². The topological polar surface area (TPSA) is 30.5 Å². The molecule has 2 rings (SSSR count). The van der Waals surface area contributed by atoms with Crippen LogP contribution >= 0.6 is 0 Å². The van der Waals surface area contributed by atoms with Gasteiger partial charge in [0.05, 0.1) is 5.54 Å². The third kappa shape index (κ3) is 5.04. The SMILES string of the molecule is CO[Si](Nc1cc(C(C)(C)C)ccc1C(C)(C)C)(OC)C1C=CC=C1C(C)(C)C. The molecule has 1 aromatic rings. The minimum Gasteiger partial charge on any atom is -0.381 e. The molecule has 1 N–H and O–H groups in total. The Labute approximate surface area is 179 Å². The summed E-state index contributed by atoms with van der Waals surface area (Å²) < 4.78 is 12.4. The van der Waals surface area contributed by atoms with E-state index in [9.17, 15) is 0 Å².